The van der Waals surface area contributed by atoms with Gasteiger partial charge in [-0.2, -0.15) is 13.2 Å². The number of halogens is 3. The van der Waals surface area contributed by atoms with Gasteiger partial charge in [-0.1, -0.05) is 24.3 Å². The van der Waals surface area contributed by atoms with Gasteiger partial charge in [-0.15, -0.1) is 0 Å². The molecule has 0 radical (unpaired) electrons. The molecule has 0 aliphatic carbocycles. The van der Waals surface area contributed by atoms with Gasteiger partial charge in [0.15, 0.2) is 0 Å². The van der Waals surface area contributed by atoms with Crippen molar-refractivity contribution in [3.05, 3.63) is 35.4 Å². The molecule has 4 nitrogen and oxygen atoms in total. The predicted molar refractivity (Wildman–Crippen MR) is 73.8 cm³/mol. The van der Waals surface area contributed by atoms with E-state index in [4.69, 9.17) is 0 Å². The Labute approximate surface area is 126 Å². The van der Waals surface area contributed by atoms with Crippen LogP contribution in [0.2, 0.25) is 0 Å². The molecule has 7 heteroatoms. The van der Waals surface area contributed by atoms with E-state index in [1.165, 1.54) is 0 Å². The maximum Gasteiger partial charge on any atom is 0.471 e. The fourth-order valence-corrected chi connectivity index (χ4v) is 2.55. The molecule has 0 aromatic heterocycles. The van der Waals surface area contributed by atoms with Crippen molar-refractivity contribution in [3.63, 3.8) is 0 Å². The molecule has 0 bridgehead atoms. The van der Waals surface area contributed by atoms with Crippen LogP contribution >= 0.6 is 0 Å². The number of carbonyl (C=O) groups is 2. The molecule has 120 valence electrons. The maximum absolute atomic E-state index is 12.5. The van der Waals surface area contributed by atoms with Gasteiger partial charge in [0.25, 0.3) is 0 Å². The summed E-state index contributed by atoms with van der Waals surface area (Å²) in [5.41, 5.74) is 1.87. The van der Waals surface area contributed by atoms with E-state index >= 15 is 0 Å². The first-order chi connectivity index (χ1) is 10.3. The van der Waals surface area contributed by atoms with Crippen LogP contribution < -0.4 is 5.32 Å². The highest BCUT2D eigenvalue weighted by Gasteiger charge is 2.47. The van der Waals surface area contributed by atoms with E-state index in [0.29, 0.717) is 11.3 Å². The lowest BCUT2D eigenvalue weighted by Gasteiger charge is -2.24. The Kier molecular flexibility index (Phi) is 4.73. The molecule has 2 amide bonds. The van der Waals surface area contributed by atoms with E-state index in [9.17, 15) is 22.8 Å². The summed E-state index contributed by atoms with van der Waals surface area (Å²) in [6, 6.07) is 6.36. The molecule has 1 saturated heterocycles. The minimum absolute atomic E-state index is 0.0409. The summed E-state index contributed by atoms with van der Waals surface area (Å²) in [4.78, 5) is 24.0. The van der Waals surface area contributed by atoms with Crippen LogP contribution in [-0.2, 0) is 16.1 Å². The number of nitrogens with zero attached hydrogens (tertiary/aromatic N) is 1. The summed E-state index contributed by atoms with van der Waals surface area (Å²) in [5.74, 6) is -2.49. The predicted octanol–water partition coefficient (Wildman–Crippen LogP) is 2.16. The van der Waals surface area contributed by atoms with E-state index in [2.05, 4.69) is 5.32 Å². The smallest absolute Gasteiger partial charge is 0.350 e. The first kappa shape index (κ1) is 16.3. The molecule has 1 aliphatic rings. The third-order valence-corrected chi connectivity index (χ3v) is 3.77. The number of rotatable bonds is 3. The first-order valence-electron chi connectivity index (χ1n) is 7.00. The quantitative estimate of drug-likeness (QED) is 0.929. The van der Waals surface area contributed by atoms with Gasteiger partial charge in [0.2, 0.25) is 5.91 Å². The zero-order valence-electron chi connectivity index (χ0n) is 12.1. The van der Waals surface area contributed by atoms with Crippen molar-refractivity contribution in [2.75, 3.05) is 6.54 Å². The number of nitrogens with one attached hydrogen (secondary N) is 1. The number of hydrogen-bond donors (Lipinski definition) is 1. The van der Waals surface area contributed by atoms with Crippen LogP contribution in [0.5, 0.6) is 0 Å². The van der Waals surface area contributed by atoms with Gasteiger partial charge < -0.3 is 10.2 Å². The van der Waals surface area contributed by atoms with Crippen LogP contribution in [-0.4, -0.2) is 35.5 Å². The van der Waals surface area contributed by atoms with E-state index in [0.717, 1.165) is 11.1 Å². The largest absolute Gasteiger partial charge is 0.471 e. The third kappa shape index (κ3) is 3.58. The molecule has 1 heterocycles. The minimum atomic E-state index is -4.95. The summed E-state index contributed by atoms with van der Waals surface area (Å²) in [6.45, 7) is 2.08. The SMILES string of the molecule is Cc1ccccc1CNC(=O)C1CCCN1C(=O)C(F)(F)F. The second-order valence-electron chi connectivity index (χ2n) is 5.30. The maximum atomic E-state index is 12.5. The zero-order chi connectivity index (χ0) is 16.3. The molecule has 1 unspecified atom stereocenters. The van der Waals surface area contributed by atoms with Gasteiger partial charge in [-0.25, -0.2) is 0 Å². The lowest BCUT2D eigenvalue weighted by atomic mass is 10.1. The van der Waals surface area contributed by atoms with Gasteiger partial charge in [0, 0.05) is 13.1 Å². The number of aryl methyl sites for hydroxylation is 1. The van der Waals surface area contributed by atoms with Crippen molar-refractivity contribution in [2.24, 2.45) is 0 Å². The molecule has 0 saturated carbocycles. The Hall–Kier alpha value is -2.05. The van der Waals surface area contributed by atoms with Gasteiger partial charge in [-0.3, -0.25) is 9.59 Å². The molecule has 1 aliphatic heterocycles. The Bertz CT molecular complexity index is 572. The van der Waals surface area contributed by atoms with E-state index < -0.39 is 24.0 Å². The number of likely N-dealkylation sites (tertiary alicyclic amines) is 1. The monoisotopic (exact) mass is 314 g/mol. The topological polar surface area (TPSA) is 49.4 Å². The van der Waals surface area contributed by atoms with Gasteiger partial charge in [0.1, 0.15) is 6.04 Å². The fraction of sp³-hybridized carbons (Fsp3) is 0.467. The molecule has 22 heavy (non-hydrogen) atoms. The van der Waals surface area contributed by atoms with Crippen LogP contribution in [0.3, 0.4) is 0 Å². The summed E-state index contributed by atoms with van der Waals surface area (Å²) in [5, 5.41) is 2.62. The fourth-order valence-electron chi connectivity index (χ4n) is 2.55. The number of hydrogen-bond acceptors (Lipinski definition) is 2. The van der Waals surface area contributed by atoms with Crippen molar-refractivity contribution in [1.82, 2.24) is 10.2 Å². The summed E-state index contributed by atoms with van der Waals surface area (Å²) >= 11 is 0. The summed E-state index contributed by atoms with van der Waals surface area (Å²) in [6.07, 6.45) is -4.30. The van der Waals surface area contributed by atoms with Crippen LogP contribution in [0.1, 0.15) is 24.0 Å². The lowest BCUT2D eigenvalue weighted by Crippen LogP contribution is -2.50. The highest BCUT2D eigenvalue weighted by molar-refractivity contribution is 5.90. The average molecular weight is 314 g/mol. The third-order valence-electron chi connectivity index (χ3n) is 3.77. The second-order valence-corrected chi connectivity index (χ2v) is 5.30. The second kappa shape index (κ2) is 6.37. The lowest BCUT2D eigenvalue weighted by molar-refractivity contribution is -0.186. The summed E-state index contributed by atoms with van der Waals surface area (Å²) in [7, 11) is 0. The highest BCUT2D eigenvalue weighted by atomic mass is 19.4. The highest BCUT2D eigenvalue weighted by Crippen LogP contribution is 2.25. The number of benzene rings is 1. The van der Waals surface area contributed by atoms with Gasteiger partial charge in [0.05, 0.1) is 0 Å². The first-order valence-corrected chi connectivity index (χ1v) is 7.00. The standard InChI is InChI=1S/C15H17F3N2O2/c1-10-5-2-3-6-11(10)9-19-13(21)12-7-4-8-20(12)14(22)15(16,17)18/h2-3,5-6,12H,4,7-9H2,1H3,(H,19,21). The zero-order valence-corrected chi connectivity index (χ0v) is 12.1. The molecule has 1 atom stereocenters. The van der Waals surface area contributed by atoms with Crippen molar-refractivity contribution in [3.8, 4) is 0 Å². The molecule has 1 N–H and O–H groups in total. The average Bonchev–Trinajstić information content (AvgIpc) is 2.93. The molecule has 1 fully saturated rings. The van der Waals surface area contributed by atoms with Crippen molar-refractivity contribution in [1.29, 1.82) is 0 Å². The van der Waals surface area contributed by atoms with Crippen molar-refractivity contribution < 1.29 is 22.8 Å². The van der Waals surface area contributed by atoms with E-state index in [-0.39, 0.29) is 19.5 Å². The van der Waals surface area contributed by atoms with Crippen molar-refractivity contribution in [2.45, 2.75) is 38.5 Å². The van der Waals surface area contributed by atoms with E-state index in [1.54, 1.807) is 0 Å². The van der Waals surface area contributed by atoms with Crippen molar-refractivity contribution >= 4 is 11.8 Å². The molecular weight excluding hydrogens is 297 g/mol. The van der Waals surface area contributed by atoms with Gasteiger partial charge >= 0.3 is 12.1 Å². The summed E-state index contributed by atoms with van der Waals surface area (Å²) < 4.78 is 37.6. The number of amides is 2. The Morgan fingerprint density at radius 2 is 2.00 bits per heavy atom. The Balaban J connectivity index is 2.00. The molecule has 2 rings (SSSR count). The molecule has 1 aromatic carbocycles. The minimum Gasteiger partial charge on any atom is -0.350 e. The van der Waals surface area contributed by atoms with E-state index in [1.807, 2.05) is 31.2 Å². The van der Waals surface area contributed by atoms with Gasteiger partial charge in [-0.05, 0) is 30.9 Å². The number of carbonyl (C=O) groups excluding carboxylic acids is 2. The van der Waals surface area contributed by atoms with Crippen LogP contribution in [0.25, 0.3) is 0 Å². The Morgan fingerprint density at radius 1 is 1.32 bits per heavy atom. The molecule has 0 spiro atoms. The van der Waals surface area contributed by atoms with Crippen LogP contribution in [0, 0.1) is 6.92 Å². The van der Waals surface area contributed by atoms with Crippen LogP contribution in [0.15, 0.2) is 24.3 Å². The molecule has 1 aromatic rings. The Morgan fingerprint density at radius 3 is 2.64 bits per heavy atom. The number of alkyl halides is 3. The van der Waals surface area contributed by atoms with Crippen LogP contribution in [0.4, 0.5) is 13.2 Å². The molecular formula is C15H17F3N2O2. The normalized spacial score (nSPS) is 18.4.